The molecule has 0 heterocycles. The number of aliphatic carboxylic acids is 1. The van der Waals surface area contributed by atoms with Gasteiger partial charge >= 0.3 is 0 Å². The largest absolute Gasteiger partial charge is 0.491 e. The number of carboxylic acids is 1. The van der Waals surface area contributed by atoms with E-state index in [0.717, 1.165) is 32.6 Å². The Kier molecular flexibility index (Phi) is 15.0. The van der Waals surface area contributed by atoms with Gasteiger partial charge in [-0.25, -0.2) is 4.39 Å². The maximum absolute atomic E-state index is 14.0. The van der Waals surface area contributed by atoms with E-state index < -0.39 is 14.0 Å². The molecule has 1 aromatic carbocycles. The summed E-state index contributed by atoms with van der Waals surface area (Å²) in [6, 6.07) is 4.98. The summed E-state index contributed by atoms with van der Waals surface area (Å²) in [5.74, 6) is 2.22. The fourth-order valence-corrected chi connectivity index (χ4v) is 2.93. The Labute approximate surface area is 176 Å². The normalized spacial score (nSPS) is 10.4. The van der Waals surface area contributed by atoms with E-state index in [1.807, 2.05) is 6.07 Å². The molecule has 6 heteroatoms. The molecule has 0 aliphatic rings. The molecule has 29 heavy (non-hydrogen) atoms. The van der Waals surface area contributed by atoms with Crippen molar-refractivity contribution in [3.63, 3.8) is 0 Å². The summed E-state index contributed by atoms with van der Waals surface area (Å²) < 4.78 is 19.6. The third-order valence-electron chi connectivity index (χ3n) is 3.82. The number of carbonyl (C=O) groups is 1. The van der Waals surface area contributed by atoms with Crippen molar-refractivity contribution in [2.45, 2.75) is 77.9 Å². The summed E-state index contributed by atoms with van der Waals surface area (Å²) in [4.78, 5) is 9.00. The SMILES string of the molecule is CC(=O)O.C[Si](C)(C)C#Cc1ccc(OCCCCCCCCCCO)c(F)c1. The second-order valence-corrected chi connectivity index (χ2v) is 12.8. The molecule has 0 radical (unpaired) electrons. The van der Waals surface area contributed by atoms with Crippen LogP contribution < -0.4 is 4.74 Å². The zero-order chi connectivity index (χ0) is 22.1. The Balaban J connectivity index is 0.00000178. The van der Waals surface area contributed by atoms with Crippen molar-refractivity contribution in [2.75, 3.05) is 13.2 Å². The molecule has 0 spiro atoms. The highest BCUT2D eigenvalue weighted by Gasteiger charge is 2.08. The van der Waals surface area contributed by atoms with Crippen molar-refractivity contribution in [3.8, 4) is 17.2 Å². The number of halogens is 1. The highest BCUT2D eigenvalue weighted by atomic mass is 28.3. The van der Waals surface area contributed by atoms with Crippen molar-refractivity contribution in [1.82, 2.24) is 0 Å². The van der Waals surface area contributed by atoms with Crippen LogP contribution in [0.4, 0.5) is 4.39 Å². The minimum Gasteiger partial charge on any atom is -0.491 e. The first-order valence-electron chi connectivity index (χ1n) is 10.4. The van der Waals surface area contributed by atoms with Gasteiger partial charge in [-0.3, -0.25) is 4.79 Å². The Morgan fingerprint density at radius 2 is 1.55 bits per heavy atom. The van der Waals surface area contributed by atoms with Gasteiger partial charge in [0.1, 0.15) is 8.07 Å². The van der Waals surface area contributed by atoms with E-state index in [1.54, 1.807) is 6.07 Å². The average Bonchev–Trinajstić information content (AvgIpc) is 2.62. The number of hydrogen-bond acceptors (Lipinski definition) is 3. The number of unbranched alkanes of at least 4 members (excludes halogenated alkanes) is 7. The van der Waals surface area contributed by atoms with Crippen molar-refractivity contribution in [1.29, 1.82) is 0 Å². The lowest BCUT2D eigenvalue weighted by Gasteiger charge is -2.08. The molecular weight excluding hydrogens is 387 g/mol. The highest BCUT2D eigenvalue weighted by molar-refractivity contribution is 6.83. The van der Waals surface area contributed by atoms with Crippen LogP contribution in [-0.2, 0) is 4.79 Å². The van der Waals surface area contributed by atoms with Crippen molar-refractivity contribution < 1.29 is 24.1 Å². The third kappa shape index (κ3) is 18.0. The van der Waals surface area contributed by atoms with Crippen molar-refractivity contribution in [3.05, 3.63) is 29.6 Å². The molecule has 164 valence electrons. The zero-order valence-corrected chi connectivity index (χ0v) is 19.4. The Bertz CT molecular complexity index is 641. The molecule has 2 N–H and O–H groups in total. The predicted octanol–water partition coefficient (Wildman–Crippen LogP) is 5.64. The van der Waals surface area contributed by atoms with E-state index >= 15 is 0 Å². The molecule has 0 atom stereocenters. The number of rotatable bonds is 11. The first kappa shape index (κ1) is 27.2. The van der Waals surface area contributed by atoms with E-state index in [1.165, 1.54) is 31.7 Å². The van der Waals surface area contributed by atoms with Crippen molar-refractivity contribution in [2.24, 2.45) is 0 Å². The number of ether oxygens (including phenoxy) is 1. The molecular formula is C23H37FO4Si. The smallest absolute Gasteiger partial charge is 0.300 e. The topological polar surface area (TPSA) is 66.8 Å². The average molecular weight is 425 g/mol. The monoisotopic (exact) mass is 424 g/mol. The fourth-order valence-electron chi connectivity index (χ4n) is 2.41. The first-order chi connectivity index (χ1) is 13.7. The van der Waals surface area contributed by atoms with Gasteiger partial charge in [-0.15, -0.1) is 5.54 Å². The molecule has 0 aliphatic carbocycles. The van der Waals surface area contributed by atoms with Gasteiger partial charge in [-0.1, -0.05) is 64.1 Å². The highest BCUT2D eigenvalue weighted by Crippen LogP contribution is 2.19. The maximum Gasteiger partial charge on any atom is 0.300 e. The van der Waals surface area contributed by atoms with Crippen molar-refractivity contribution >= 4 is 14.0 Å². The standard InChI is InChI=1S/C21H33FO2Si.C2H4O2/c1-25(2,3)17-14-19-12-13-21(20(22)18-19)24-16-11-9-7-5-4-6-8-10-15-23;1-2(3)4/h12-13,18,23H,4-11,15-16H2,1-3H3;1H3,(H,3,4). The van der Waals surface area contributed by atoms with E-state index in [0.29, 0.717) is 24.5 Å². The molecule has 4 nitrogen and oxygen atoms in total. The molecule has 0 fully saturated rings. The zero-order valence-electron chi connectivity index (χ0n) is 18.4. The van der Waals surface area contributed by atoms with Gasteiger partial charge in [-0.05, 0) is 31.0 Å². The minimum atomic E-state index is -1.44. The van der Waals surface area contributed by atoms with Gasteiger partial charge < -0.3 is 14.9 Å². The second kappa shape index (κ2) is 16.0. The summed E-state index contributed by atoms with van der Waals surface area (Å²) in [5.41, 5.74) is 3.96. The van der Waals surface area contributed by atoms with Crippen LogP contribution in [-0.4, -0.2) is 37.5 Å². The van der Waals surface area contributed by atoms with E-state index in [9.17, 15) is 4.39 Å². The van der Waals surface area contributed by atoms with Crippen LogP contribution in [0.3, 0.4) is 0 Å². The summed E-state index contributed by atoms with van der Waals surface area (Å²) in [5, 5.41) is 16.1. The van der Waals surface area contributed by atoms with Crippen LogP contribution in [0.15, 0.2) is 18.2 Å². The third-order valence-corrected chi connectivity index (χ3v) is 4.70. The van der Waals surface area contributed by atoms with Gasteiger partial charge in [0.25, 0.3) is 5.97 Å². The molecule has 0 amide bonds. The van der Waals surface area contributed by atoms with Gasteiger partial charge in [0.15, 0.2) is 11.6 Å². The van der Waals surface area contributed by atoms with Gasteiger partial charge in [-0.2, -0.15) is 0 Å². The summed E-state index contributed by atoms with van der Waals surface area (Å²) in [7, 11) is -1.44. The molecule has 0 aliphatic heterocycles. The molecule has 0 saturated carbocycles. The van der Waals surface area contributed by atoms with Crippen LogP contribution in [0.25, 0.3) is 0 Å². The number of aliphatic hydroxyl groups excluding tert-OH is 1. The molecule has 0 aromatic heterocycles. The van der Waals surface area contributed by atoms with Gasteiger partial charge in [0.2, 0.25) is 0 Å². The summed E-state index contributed by atoms with van der Waals surface area (Å²) in [6.07, 6.45) is 8.96. The molecule has 1 aromatic rings. The molecule has 0 bridgehead atoms. The van der Waals surface area contributed by atoms with E-state index in [4.69, 9.17) is 19.7 Å². The second-order valence-electron chi connectivity index (χ2n) is 8.06. The van der Waals surface area contributed by atoms with Crippen LogP contribution in [0.2, 0.25) is 19.6 Å². The van der Waals surface area contributed by atoms with E-state index in [2.05, 4.69) is 31.1 Å². The summed E-state index contributed by atoms with van der Waals surface area (Å²) >= 11 is 0. The van der Waals surface area contributed by atoms with Gasteiger partial charge in [0.05, 0.1) is 6.61 Å². The Hall–Kier alpha value is -1.84. The number of carboxylic acid groups (broad SMARTS) is 1. The minimum absolute atomic E-state index is 0.305. The van der Waals surface area contributed by atoms with Crippen LogP contribution in [0.1, 0.15) is 63.9 Å². The predicted molar refractivity (Wildman–Crippen MR) is 119 cm³/mol. The van der Waals surface area contributed by atoms with Gasteiger partial charge in [0, 0.05) is 19.1 Å². The number of benzene rings is 1. The number of hydrogen-bond donors (Lipinski definition) is 2. The summed E-state index contributed by atoms with van der Waals surface area (Å²) in [6.45, 7) is 8.45. The molecule has 1 rings (SSSR count). The molecule has 0 saturated heterocycles. The first-order valence-corrected chi connectivity index (χ1v) is 13.9. The van der Waals surface area contributed by atoms with E-state index in [-0.39, 0.29) is 5.82 Å². The number of aliphatic hydroxyl groups is 1. The van der Waals surface area contributed by atoms with Crippen LogP contribution >= 0.6 is 0 Å². The lowest BCUT2D eigenvalue weighted by Crippen LogP contribution is -2.16. The lowest BCUT2D eigenvalue weighted by atomic mass is 10.1. The Morgan fingerprint density at radius 3 is 2.03 bits per heavy atom. The molecule has 0 unspecified atom stereocenters. The van der Waals surface area contributed by atoms with Crippen LogP contribution in [0.5, 0.6) is 5.75 Å². The van der Waals surface area contributed by atoms with Crippen LogP contribution in [0, 0.1) is 17.3 Å². The Morgan fingerprint density at radius 1 is 1.03 bits per heavy atom. The lowest BCUT2D eigenvalue weighted by molar-refractivity contribution is -0.134. The quantitative estimate of drug-likeness (QED) is 0.274. The maximum atomic E-state index is 14.0. The fraction of sp³-hybridized carbons (Fsp3) is 0.609.